The average molecular weight is 286 g/mol. The van der Waals surface area contributed by atoms with Crippen molar-refractivity contribution in [2.45, 2.75) is 18.8 Å². The van der Waals surface area contributed by atoms with Gasteiger partial charge in [-0.2, -0.15) is 0 Å². The van der Waals surface area contributed by atoms with Crippen LogP contribution in [-0.2, 0) is 0 Å². The van der Waals surface area contributed by atoms with E-state index in [0.29, 0.717) is 11.7 Å². The van der Waals surface area contributed by atoms with Crippen LogP contribution in [-0.4, -0.2) is 21.2 Å². The molecule has 1 aromatic carbocycles. The quantitative estimate of drug-likeness (QED) is 0.797. The standard InChI is InChI=1S/C14H10N2O3S/c17-14(18)10-6-11(19-16-10)8-3-4-12-9(5-8)15-13(20-12)7-1-2-7/h3-7H,1-2H2,(H,17,18). The van der Waals surface area contributed by atoms with Crippen LogP contribution in [0, 0.1) is 0 Å². The molecule has 100 valence electrons. The van der Waals surface area contributed by atoms with Crippen molar-refractivity contribution in [3.63, 3.8) is 0 Å². The second-order valence-corrected chi connectivity index (χ2v) is 5.95. The SMILES string of the molecule is O=C(O)c1cc(-c2ccc3sc(C4CC4)nc3c2)on1. The number of aromatic carboxylic acids is 1. The normalized spacial score (nSPS) is 14.8. The average Bonchev–Trinajstić information content (AvgIpc) is 3.02. The number of thiazole rings is 1. The van der Waals surface area contributed by atoms with Gasteiger partial charge in [0.25, 0.3) is 0 Å². The Kier molecular flexibility index (Phi) is 2.40. The third-order valence-corrected chi connectivity index (χ3v) is 4.54. The number of carboxylic acid groups (broad SMARTS) is 1. The topological polar surface area (TPSA) is 76.2 Å². The first kappa shape index (κ1) is 11.6. The van der Waals surface area contributed by atoms with Gasteiger partial charge in [-0.3, -0.25) is 0 Å². The molecule has 0 saturated heterocycles. The molecule has 1 fully saturated rings. The number of hydrogen-bond donors (Lipinski definition) is 1. The number of carboxylic acids is 1. The van der Waals surface area contributed by atoms with E-state index in [0.717, 1.165) is 15.8 Å². The van der Waals surface area contributed by atoms with Gasteiger partial charge in [-0.1, -0.05) is 5.16 Å². The summed E-state index contributed by atoms with van der Waals surface area (Å²) in [4.78, 5) is 15.5. The van der Waals surface area contributed by atoms with Crippen molar-refractivity contribution in [1.82, 2.24) is 10.1 Å². The van der Waals surface area contributed by atoms with Gasteiger partial charge in [-0.15, -0.1) is 11.3 Å². The molecule has 1 aliphatic rings. The summed E-state index contributed by atoms with van der Waals surface area (Å²) >= 11 is 1.73. The van der Waals surface area contributed by atoms with E-state index < -0.39 is 5.97 Å². The molecule has 1 saturated carbocycles. The van der Waals surface area contributed by atoms with Gasteiger partial charge in [0.15, 0.2) is 11.5 Å². The van der Waals surface area contributed by atoms with E-state index in [4.69, 9.17) is 9.63 Å². The van der Waals surface area contributed by atoms with Crippen LogP contribution in [0.15, 0.2) is 28.8 Å². The number of hydrogen-bond acceptors (Lipinski definition) is 5. The molecule has 2 aromatic heterocycles. The highest BCUT2D eigenvalue weighted by atomic mass is 32.1. The van der Waals surface area contributed by atoms with Gasteiger partial charge in [-0.25, -0.2) is 9.78 Å². The first-order valence-corrected chi connectivity index (χ1v) is 7.13. The van der Waals surface area contributed by atoms with Gasteiger partial charge in [0.05, 0.1) is 15.2 Å². The zero-order valence-corrected chi connectivity index (χ0v) is 11.2. The Morgan fingerprint density at radius 2 is 2.20 bits per heavy atom. The van der Waals surface area contributed by atoms with Crippen LogP contribution in [0.25, 0.3) is 21.5 Å². The Hall–Kier alpha value is -2.21. The van der Waals surface area contributed by atoms with Crippen molar-refractivity contribution < 1.29 is 14.4 Å². The summed E-state index contributed by atoms with van der Waals surface area (Å²) in [6.07, 6.45) is 2.47. The number of carbonyl (C=O) groups is 1. The Bertz CT molecular complexity index is 817. The maximum atomic E-state index is 10.8. The van der Waals surface area contributed by atoms with Crippen molar-refractivity contribution in [3.8, 4) is 11.3 Å². The van der Waals surface area contributed by atoms with Crippen LogP contribution in [0.5, 0.6) is 0 Å². The maximum Gasteiger partial charge on any atom is 0.358 e. The van der Waals surface area contributed by atoms with E-state index in [1.807, 2.05) is 18.2 Å². The van der Waals surface area contributed by atoms with E-state index in [-0.39, 0.29) is 5.69 Å². The second kappa shape index (κ2) is 4.14. The van der Waals surface area contributed by atoms with E-state index in [1.165, 1.54) is 23.9 Å². The molecule has 1 aliphatic carbocycles. The highest BCUT2D eigenvalue weighted by molar-refractivity contribution is 7.18. The fraction of sp³-hybridized carbons (Fsp3) is 0.214. The third-order valence-electron chi connectivity index (χ3n) is 3.34. The molecule has 3 aromatic rings. The van der Waals surface area contributed by atoms with Gasteiger partial charge in [-0.05, 0) is 31.0 Å². The predicted molar refractivity (Wildman–Crippen MR) is 74.1 cm³/mol. The minimum absolute atomic E-state index is 0.0861. The molecule has 0 unspecified atom stereocenters. The summed E-state index contributed by atoms with van der Waals surface area (Å²) in [7, 11) is 0. The fourth-order valence-corrected chi connectivity index (χ4v) is 3.23. The largest absolute Gasteiger partial charge is 0.476 e. The first-order valence-electron chi connectivity index (χ1n) is 6.31. The van der Waals surface area contributed by atoms with Gasteiger partial charge in [0.2, 0.25) is 0 Å². The highest BCUT2D eigenvalue weighted by Crippen LogP contribution is 2.43. The third kappa shape index (κ3) is 1.89. The van der Waals surface area contributed by atoms with Crippen LogP contribution in [0.2, 0.25) is 0 Å². The summed E-state index contributed by atoms with van der Waals surface area (Å²) < 4.78 is 6.22. The van der Waals surface area contributed by atoms with E-state index in [2.05, 4.69) is 10.1 Å². The van der Waals surface area contributed by atoms with Crippen LogP contribution in [0.3, 0.4) is 0 Å². The molecule has 0 spiro atoms. The molecular weight excluding hydrogens is 276 g/mol. The van der Waals surface area contributed by atoms with Crippen molar-refractivity contribution >= 4 is 27.5 Å². The summed E-state index contributed by atoms with van der Waals surface area (Å²) in [5.41, 5.74) is 1.64. The molecule has 0 aliphatic heterocycles. The Balaban J connectivity index is 1.76. The molecular formula is C14H10N2O3S. The lowest BCUT2D eigenvalue weighted by molar-refractivity contribution is 0.0686. The molecule has 1 N–H and O–H groups in total. The van der Waals surface area contributed by atoms with Crippen molar-refractivity contribution in [3.05, 3.63) is 35.0 Å². The highest BCUT2D eigenvalue weighted by Gasteiger charge is 2.27. The minimum atomic E-state index is -1.09. The van der Waals surface area contributed by atoms with E-state index in [1.54, 1.807) is 11.3 Å². The summed E-state index contributed by atoms with van der Waals surface area (Å²) in [6.45, 7) is 0. The lowest BCUT2D eigenvalue weighted by Crippen LogP contribution is -1.94. The van der Waals surface area contributed by atoms with Crippen molar-refractivity contribution in [2.75, 3.05) is 0 Å². The van der Waals surface area contributed by atoms with Crippen LogP contribution in [0.1, 0.15) is 34.3 Å². The molecule has 5 nitrogen and oxygen atoms in total. The molecule has 20 heavy (non-hydrogen) atoms. The molecule has 6 heteroatoms. The molecule has 0 amide bonds. The predicted octanol–water partition coefficient (Wildman–Crippen LogP) is 3.53. The molecule has 0 atom stereocenters. The van der Waals surface area contributed by atoms with Gasteiger partial charge >= 0.3 is 5.97 Å². The Morgan fingerprint density at radius 1 is 1.35 bits per heavy atom. The Morgan fingerprint density at radius 3 is 2.90 bits per heavy atom. The van der Waals surface area contributed by atoms with Gasteiger partial charge in [0.1, 0.15) is 0 Å². The zero-order chi connectivity index (χ0) is 13.7. The summed E-state index contributed by atoms with van der Waals surface area (Å²) in [5.74, 6) is -0.00392. The van der Waals surface area contributed by atoms with Crippen LogP contribution >= 0.6 is 11.3 Å². The fourth-order valence-electron chi connectivity index (χ4n) is 2.12. The van der Waals surface area contributed by atoms with Gasteiger partial charge in [0, 0.05) is 17.5 Å². The number of fused-ring (bicyclic) bond motifs is 1. The lowest BCUT2D eigenvalue weighted by atomic mass is 10.1. The van der Waals surface area contributed by atoms with Gasteiger partial charge < -0.3 is 9.63 Å². The van der Waals surface area contributed by atoms with Crippen LogP contribution in [0.4, 0.5) is 0 Å². The smallest absolute Gasteiger partial charge is 0.358 e. The molecule has 2 heterocycles. The number of rotatable bonds is 3. The summed E-state index contributed by atoms with van der Waals surface area (Å²) in [5, 5.41) is 13.6. The lowest BCUT2D eigenvalue weighted by Gasteiger charge is -1.94. The zero-order valence-electron chi connectivity index (χ0n) is 10.4. The van der Waals surface area contributed by atoms with E-state index in [9.17, 15) is 4.79 Å². The monoisotopic (exact) mass is 286 g/mol. The second-order valence-electron chi connectivity index (χ2n) is 4.89. The molecule has 0 radical (unpaired) electrons. The minimum Gasteiger partial charge on any atom is -0.476 e. The molecule has 4 rings (SSSR count). The van der Waals surface area contributed by atoms with Crippen molar-refractivity contribution in [1.29, 1.82) is 0 Å². The first-order chi connectivity index (χ1) is 9.70. The van der Waals surface area contributed by atoms with Crippen molar-refractivity contribution in [2.24, 2.45) is 0 Å². The van der Waals surface area contributed by atoms with E-state index >= 15 is 0 Å². The number of benzene rings is 1. The summed E-state index contributed by atoms with van der Waals surface area (Å²) in [6, 6.07) is 7.25. The maximum absolute atomic E-state index is 10.8. The number of nitrogens with zero attached hydrogens (tertiary/aromatic N) is 2. The van der Waals surface area contributed by atoms with Crippen LogP contribution < -0.4 is 0 Å². The molecule has 0 bridgehead atoms. The Labute approximate surface area is 117 Å². The number of aromatic nitrogens is 2.